The molecule has 0 radical (unpaired) electrons. The van der Waals surface area contributed by atoms with Gasteiger partial charge in [0.2, 0.25) is 0 Å². The second-order valence-corrected chi connectivity index (χ2v) is 3.08. The second kappa shape index (κ2) is 3.50. The third-order valence-electron chi connectivity index (χ3n) is 2.13. The Morgan fingerprint density at radius 3 is 2.93 bits per heavy atom. The molecule has 0 aliphatic carbocycles. The van der Waals surface area contributed by atoms with E-state index in [1.165, 1.54) is 0 Å². The van der Waals surface area contributed by atoms with Gasteiger partial charge in [-0.3, -0.25) is 4.98 Å². The monoisotopic (exact) mass is 185 g/mol. The van der Waals surface area contributed by atoms with E-state index in [-0.39, 0.29) is 5.75 Å². The van der Waals surface area contributed by atoms with Crippen LogP contribution in [-0.2, 0) is 0 Å². The molecular weight excluding hydrogens is 174 g/mol. The van der Waals surface area contributed by atoms with E-state index in [1.807, 2.05) is 43.3 Å². The van der Waals surface area contributed by atoms with Crippen LogP contribution in [0, 0.1) is 0 Å². The van der Waals surface area contributed by atoms with Crippen molar-refractivity contribution in [1.29, 1.82) is 0 Å². The van der Waals surface area contributed by atoms with Crippen LogP contribution in [0.4, 0.5) is 0 Å². The van der Waals surface area contributed by atoms with Crippen LogP contribution < -0.4 is 0 Å². The minimum absolute atomic E-state index is 0.251. The molecule has 2 heteroatoms. The summed E-state index contributed by atoms with van der Waals surface area (Å²) in [6, 6.07) is 7.63. The average molecular weight is 185 g/mol. The molecule has 0 aliphatic heterocycles. The number of pyridine rings is 1. The molecule has 0 aliphatic rings. The van der Waals surface area contributed by atoms with E-state index in [4.69, 9.17) is 0 Å². The quantitative estimate of drug-likeness (QED) is 0.740. The lowest BCUT2D eigenvalue weighted by atomic mass is 10.1. The van der Waals surface area contributed by atoms with Crippen LogP contribution in [0.1, 0.15) is 12.5 Å². The van der Waals surface area contributed by atoms with E-state index in [9.17, 15) is 5.11 Å². The topological polar surface area (TPSA) is 33.1 Å². The number of nitrogens with zero attached hydrogens (tertiary/aromatic N) is 1. The number of phenols is 1. The SMILES string of the molecule is C/C=C/c1ccc2cccnc2c1O. The van der Waals surface area contributed by atoms with E-state index >= 15 is 0 Å². The Morgan fingerprint density at radius 2 is 2.14 bits per heavy atom. The van der Waals surface area contributed by atoms with Gasteiger partial charge in [-0.05, 0) is 13.0 Å². The highest BCUT2D eigenvalue weighted by Gasteiger charge is 2.03. The summed E-state index contributed by atoms with van der Waals surface area (Å²) in [6.07, 6.45) is 5.44. The van der Waals surface area contributed by atoms with Crippen molar-refractivity contribution >= 4 is 17.0 Å². The van der Waals surface area contributed by atoms with Gasteiger partial charge in [0.25, 0.3) is 0 Å². The van der Waals surface area contributed by atoms with Gasteiger partial charge in [-0.1, -0.05) is 30.4 Å². The molecule has 2 rings (SSSR count). The van der Waals surface area contributed by atoms with Gasteiger partial charge in [0.15, 0.2) is 0 Å². The lowest BCUT2D eigenvalue weighted by molar-refractivity contribution is 0.479. The minimum Gasteiger partial charge on any atom is -0.505 e. The predicted molar refractivity (Wildman–Crippen MR) is 58.1 cm³/mol. The fourth-order valence-electron chi connectivity index (χ4n) is 1.46. The van der Waals surface area contributed by atoms with Gasteiger partial charge in [0.1, 0.15) is 11.3 Å². The lowest BCUT2D eigenvalue weighted by Crippen LogP contribution is -1.81. The van der Waals surface area contributed by atoms with Crippen molar-refractivity contribution in [2.75, 3.05) is 0 Å². The molecule has 14 heavy (non-hydrogen) atoms. The molecule has 0 fully saturated rings. The van der Waals surface area contributed by atoms with Crippen molar-refractivity contribution in [2.45, 2.75) is 6.92 Å². The minimum atomic E-state index is 0.251. The summed E-state index contributed by atoms with van der Waals surface area (Å²) in [5.41, 5.74) is 1.46. The van der Waals surface area contributed by atoms with Crippen molar-refractivity contribution in [2.24, 2.45) is 0 Å². The molecule has 1 heterocycles. The molecule has 0 bridgehead atoms. The lowest BCUT2D eigenvalue weighted by Gasteiger charge is -2.02. The van der Waals surface area contributed by atoms with Crippen LogP contribution in [0.25, 0.3) is 17.0 Å². The van der Waals surface area contributed by atoms with Crippen LogP contribution in [0.3, 0.4) is 0 Å². The Kier molecular flexibility index (Phi) is 2.19. The average Bonchev–Trinajstić information content (AvgIpc) is 2.23. The van der Waals surface area contributed by atoms with Gasteiger partial charge in [0.05, 0.1) is 0 Å². The van der Waals surface area contributed by atoms with Crippen molar-refractivity contribution in [3.63, 3.8) is 0 Å². The largest absolute Gasteiger partial charge is 0.505 e. The highest BCUT2D eigenvalue weighted by molar-refractivity contribution is 5.87. The highest BCUT2D eigenvalue weighted by Crippen LogP contribution is 2.27. The molecule has 1 N–H and O–H groups in total. The number of rotatable bonds is 1. The molecule has 70 valence electrons. The maximum atomic E-state index is 9.87. The van der Waals surface area contributed by atoms with Crippen LogP contribution in [-0.4, -0.2) is 10.1 Å². The number of aromatic nitrogens is 1. The first kappa shape index (κ1) is 8.75. The van der Waals surface area contributed by atoms with Gasteiger partial charge < -0.3 is 5.11 Å². The van der Waals surface area contributed by atoms with Crippen molar-refractivity contribution in [3.8, 4) is 5.75 Å². The Morgan fingerprint density at radius 1 is 1.29 bits per heavy atom. The summed E-state index contributed by atoms with van der Waals surface area (Å²) < 4.78 is 0. The number of phenolic OH excluding ortho intramolecular Hbond substituents is 1. The van der Waals surface area contributed by atoms with E-state index in [0.717, 1.165) is 10.9 Å². The molecule has 0 unspecified atom stereocenters. The standard InChI is InChI=1S/C12H11NO/c1-2-4-10-7-6-9-5-3-8-13-11(9)12(10)14/h2-8,14H,1H3/b4-2+. The fourth-order valence-corrected chi connectivity index (χ4v) is 1.46. The smallest absolute Gasteiger partial charge is 0.148 e. The zero-order valence-electron chi connectivity index (χ0n) is 7.94. The molecule has 0 spiro atoms. The van der Waals surface area contributed by atoms with Gasteiger partial charge in [0, 0.05) is 17.1 Å². The number of hydrogen-bond donors (Lipinski definition) is 1. The van der Waals surface area contributed by atoms with Gasteiger partial charge in [-0.2, -0.15) is 0 Å². The van der Waals surface area contributed by atoms with E-state index in [0.29, 0.717) is 5.52 Å². The predicted octanol–water partition coefficient (Wildman–Crippen LogP) is 2.97. The number of benzene rings is 1. The molecule has 2 aromatic rings. The molecule has 0 atom stereocenters. The van der Waals surface area contributed by atoms with Crippen LogP contribution in [0.15, 0.2) is 36.5 Å². The van der Waals surface area contributed by atoms with Crippen LogP contribution in [0.2, 0.25) is 0 Å². The summed E-state index contributed by atoms with van der Waals surface area (Å²) in [5.74, 6) is 0.251. The zero-order valence-corrected chi connectivity index (χ0v) is 7.94. The second-order valence-electron chi connectivity index (χ2n) is 3.08. The van der Waals surface area contributed by atoms with E-state index < -0.39 is 0 Å². The molecule has 1 aromatic carbocycles. The molecule has 2 nitrogen and oxygen atoms in total. The van der Waals surface area contributed by atoms with Crippen molar-refractivity contribution < 1.29 is 5.11 Å². The summed E-state index contributed by atoms with van der Waals surface area (Å²) in [4.78, 5) is 4.14. The third kappa shape index (κ3) is 1.35. The number of allylic oxidation sites excluding steroid dienone is 1. The van der Waals surface area contributed by atoms with Crippen LogP contribution in [0.5, 0.6) is 5.75 Å². The summed E-state index contributed by atoms with van der Waals surface area (Å²) >= 11 is 0. The zero-order chi connectivity index (χ0) is 9.97. The van der Waals surface area contributed by atoms with Gasteiger partial charge in [-0.25, -0.2) is 0 Å². The van der Waals surface area contributed by atoms with Crippen molar-refractivity contribution in [3.05, 3.63) is 42.1 Å². The molecule has 0 saturated heterocycles. The van der Waals surface area contributed by atoms with Gasteiger partial charge in [-0.15, -0.1) is 0 Å². The number of aromatic hydroxyl groups is 1. The first-order valence-corrected chi connectivity index (χ1v) is 4.52. The Balaban J connectivity index is 2.75. The molecule has 0 amide bonds. The van der Waals surface area contributed by atoms with Crippen molar-refractivity contribution in [1.82, 2.24) is 4.98 Å². The normalized spacial score (nSPS) is 11.2. The Labute approximate surface area is 82.5 Å². The fraction of sp³-hybridized carbons (Fsp3) is 0.0833. The molecule has 1 aromatic heterocycles. The summed E-state index contributed by atoms with van der Waals surface area (Å²) in [5, 5.41) is 10.8. The molecule has 0 saturated carbocycles. The first-order chi connectivity index (χ1) is 6.83. The summed E-state index contributed by atoms with van der Waals surface area (Å²) in [6.45, 7) is 1.92. The van der Waals surface area contributed by atoms with E-state index in [2.05, 4.69) is 4.98 Å². The van der Waals surface area contributed by atoms with Crippen LogP contribution >= 0.6 is 0 Å². The molecular formula is C12H11NO. The Hall–Kier alpha value is -1.83. The van der Waals surface area contributed by atoms with E-state index in [1.54, 1.807) is 6.20 Å². The van der Waals surface area contributed by atoms with Gasteiger partial charge >= 0.3 is 0 Å². The highest BCUT2D eigenvalue weighted by atomic mass is 16.3. The third-order valence-corrected chi connectivity index (χ3v) is 2.13. The summed E-state index contributed by atoms with van der Waals surface area (Å²) in [7, 11) is 0. The number of hydrogen-bond acceptors (Lipinski definition) is 2. The maximum absolute atomic E-state index is 9.87. The maximum Gasteiger partial charge on any atom is 0.148 e. The number of fused-ring (bicyclic) bond motifs is 1. The Bertz CT molecular complexity index is 489. The first-order valence-electron chi connectivity index (χ1n) is 4.52.